The fraction of sp³-hybridized carbons (Fsp3) is 0.375. The van der Waals surface area contributed by atoms with Crippen LogP contribution in [0.5, 0.6) is 0 Å². The summed E-state index contributed by atoms with van der Waals surface area (Å²) in [7, 11) is 0. The maximum Gasteiger partial charge on any atom is 0.308 e. The molecule has 2 aromatic rings. The molecule has 8 heteroatoms. The summed E-state index contributed by atoms with van der Waals surface area (Å²) in [5.41, 5.74) is 0.673. The standard InChI is InChI=1S/C16H17ClN4O3/c1-9(16(23)24)8-18-15(22)13-19-14(10-6-7-10)21(20-13)12-5-3-2-4-11(12)17/h2-5,9-10H,6-8H2,1H3,(H,18,22)(H,23,24). The average molecular weight is 349 g/mol. The highest BCUT2D eigenvalue weighted by atomic mass is 35.5. The molecular formula is C16H17ClN4O3. The van der Waals surface area contributed by atoms with Crippen molar-refractivity contribution >= 4 is 23.5 Å². The molecule has 0 radical (unpaired) electrons. The number of carboxylic acids is 1. The minimum absolute atomic E-state index is 0.0214. The van der Waals surface area contributed by atoms with Crippen LogP contribution >= 0.6 is 11.6 Å². The van der Waals surface area contributed by atoms with E-state index in [-0.39, 0.29) is 18.3 Å². The molecule has 0 saturated heterocycles. The van der Waals surface area contributed by atoms with E-state index in [2.05, 4.69) is 15.4 Å². The molecule has 1 aromatic heterocycles. The Morgan fingerprint density at radius 1 is 1.42 bits per heavy atom. The first-order valence-corrected chi connectivity index (χ1v) is 8.08. The van der Waals surface area contributed by atoms with E-state index in [0.29, 0.717) is 16.5 Å². The molecular weight excluding hydrogens is 332 g/mol. The lowest BCUT2D eigenvalue weighted by atomic mass is 10.2. The number of carbonyl (C=O) groups is 2. The molecule has 1 atom stereocenters. The number of hydrogen-bond acceptors (Lipinski definition) is 4. The molecule has 1 aromatic carbocycles. The van der Waals surface area contributed by atoms with Crippen LogP contribution in [-0.2, 0) is 4.79 Å². The molecule has 0 bridgehead atoms. The van der Waals surface area contributed by atoms with Gasteiger partial charge in [0.05, 0.1) is 16.6 Å². The monoisotopic (exact) mass is 348 g/mol. The molecule has 1 heterocycles. The SMILES string of the molecule is CC(CNC(=O)c1nc(C2CC2)n(-c2ccccc2Cl)n1)C(=O)O. The van der Waals surface area contributed by atoms with Crippen molar-refractivity contribution in [3.8, 4) is 5.69 Å². The van der Waals surface area contributed by atoms with Crippen LogP contribution < -0.4 is 5.32 Å². The van der Waals surface area contributed by atoms with Crippen molar-refractivity contribution in [2.45, 2.75) is 25.7 Å². The quantitative estimate of drug-likeness (QED) is 0.834. The van der Waals surface area contributed by atoms with Crippen LogP contribution in [0.3, 0.4) is 0 Å². The first kappa shape index (κ1) is 16.4. The number of aromatic nitrogens is 3. The van der Waals surface area contributed by atoms with Crippen molar-refractivity contribution in [2.24, 2.45) is 5.92 Å². The zero-order valence-corrected chi connectivity index (χ0v) is 13.8. The lowest BCUT2D eigenvalue weighted by Gasteiger charge is -2.06. The van der Waals surface area contributed by atoms with Gasteiger partial charge in [-0.3, -0.25) is 9.59 Å². The number of carbonyl (C=O) groups excluding carboxylic acids is 1. The summed E-state index contributed by atoms with van der Waals surface area (Å²) in [6.45, 7) is 1.54. The molecule has 0 aliphatic heterocycles. The molecule has 24 heavy (non-hydrogen) atoms. The number of benzene rings is 1. The molecule has 1 fully saturated rings. The summed E-state index contributed by atoms with van der Waals surface area (Å²) in [6.07, 6.45) is 2.00. The van der Waals surface area contributed by atoms with Crippen molar-refractivity contribution < 1.29 is 14.7 Å². The maximum absolute atomic E-state index is 12.2. The molecule has 1 aliphatic carbocycles. The maximum atomic E-state index is 12.2. The number of para-hydroxylation sites is 1. The highest BCUT2D eigenvalue weighted by molar-refractivity contribution is 6.32. The van der Waals surface area contributed by atoms with Crippen LogP contribution in [0, 0.1) is 5.92 Å². The topological polar surface area (TPSA) is 97.1 Å². The Morgan fingerprint density at radius 2 is 2.12 bits per heavy atom. The first-order valence-electron chi connectivity index (χ1n) is 7.70. The molecule has 1 aliphatic rings. The van der Waals surface area contributed by atoms with Gasteiger partial charge in [0.15, 0.2) is 0 Å². The Morgan fingerprint density at radius 3 is 2.75 bits per heavy atom. The Balaban J connectivity index is 1.85. The van der Waals surface area contributed by atoms with Gasteiger partial charge in [0, 0.05) is 12.5 Å². The van der Waals surface area contributed by atoms with Gasteiger partial charge in [-0.15, -0.1) is 5.10 Å². The fourth-order valence-corrected chi connectivity index (χ4v) is 2.45. The van der Waals surface area contributed by atoms with Crippen LogP contribution in [0.2, 0.25) is 5.02 Å². The van der Waals surface area contributed by atoms with Crippen LogP contribution in [0.15, 0.2) is 24.3 Å². The van der Waals surface area contributed by atoms with Gasteiger partial charge in [-0.1, -0.05) is 30.7 Å². The molecule has 1 saturated carbocycles. The lowest BCUT2D eigenvalue weighted by Crippen LogP contribution is -2.32. The summed E-state index contributed by atoms with van der Waals surface area (Å²) >= 11 is 6.23. The van der Waals surface area contributed by atoms with Crippen LogP contribution in [0.25, 0.3) is 5.69 Å². The number of carboxylic acid groups (broad SMARTS) is 1. The zero-order valence-electron chi connectivity index (χ0n) is 13.1. The zero-order chi connectivity index (χ0) is 17.3. The van der Waals surface area contributed by atoms with Gasteiger partial charge in [-0.05, 0) is 25.0 Å². The minimum Gasteiger partial charge on any atom is -0.481 e. The third-order valence-corrected chi connectivity index (χ3v) is 4.17. The number of nitrogens with one attached hydrogen (secondary N) is 1. The molecule has 7 nitrogen and oxygen atoms in total. The van der Waals surface area contributed by atoms with Gasteiger partial charge in [-0.2, -0.15) is 0 Å². The minimum atomic E-state index is -0.969. The van der Waals surface area contributed by atoms with Crippen LogP contribution in [-0.4, -0.2) is 38.3 Å². The number of hydrogen-bond donors (Lipinski definition) is 2. The number of nitrogens with zero attached hydrogens (tertiary/aromatic N) is 3. The molecule has 1 amide bonds. The fourth-order valence-electron chi connectivity index (χ4n) is 2.24. The highest BCUT2D eigenvalue weighted by Crippen LogP contribution is 2.40. The number of amides is 1. The van der Waals surface area contributed by atoms with Crippen molar-refractivity contribution in [1.29, 1.82) is 0 Å². The number of halogens is 1. The molecule has 1 unspecified atom stereocenters. The molecule has 3 rings (SSSR count). The summed E-state index contributed by atoms with van der Waals surface area (Å²) in [5.74, 6) is -1.14. The van der Waals surface area contributed by atoms with Gasteiger partial charge in [0.1, 0.15) is 5.82 Å². The first-order chi connectivity index (χ1) is 11.5. The smallest absolute Gasteiger partial charge is 0.308 e. The van der Waals surface area contributed by atoms with Gasteiger partial charge >= 0.3 is 5.97 Å². The van der Waals surface area contributed by atoms with Gasteiger partial charge < -0.3 is 10.4 Å². The van der Waals surface area contributed by atoms with E-state index in [0.717, 1.165) is 12.8 Å². The van der Waals surface area contributed by atoms with Crippen molar-refractivity contribution in [2.75, 3.05) is 6.54 Å². The third kappa shape index (κ3) is 3.41. The van der Waals surface area contributed by atoms with E-state index in [1.165, 1.54) is 6.92 Å². The Kier molecular flexibility index (Phi) is 4.53. The Labute approximate surface area is 143 Å². The van der Waals surface area contributed by atoms with Gasteiger partial charge in [0.25, 0.3) is 5.91 Å². The second kappa shape index (κ2) is 6.60. The molecule has 0 spiro atoms. The summed E-state index contributed by atoms with van der Waals surface area (Å²) in [4.78, 5) is 27.4. The van der Waals surface area contributed by atoms with Crippen molar-refractivity contribution in [3.63, 3.8) is 0 Å². The van der Waals surface area contributed by atoms with E-state index in [1.54, 1.807) is 10.7 Å². The predicted octanol–water partition coefficient (Wildman–Crippen LogP) is 2.25. The normalized spacial score (nSPS) is 15.1. The van der Waals surface area contributed by atoms with Gasteiger partial charge in [0.2, 0.25) is 5.82 Å². The Hall–Kier alpha value is -2.41. The average Bonchev–Trinajstić information content (AvgIpc) is 3.31. The molecule has 2 N–H and O–H groups in total. The van der Waals surface area contributed by atoms with E-state index < -0.39 is 17.8 Å². The van der Waals surface area contributed by atoms with E-state index in [4.69, 9.17) is 16.7 Å². The van der Waals surface area contributed by atoms with Crippen molar-refractivity contribution in [1.82, 2.24) is 20.1 Å². The number of aliphatic carboxylic acids is 1. The summed E-state index contributed by atoms with van der Waals surface area (Å²) in [6, 6.07) is 7.23. The second-order valence-corrected chi connectivity index (χ2v) is 6.29. The third-order valence-electron chi connectivity index (χ3n) is 3.85. The second-order valence-electron chi connectivity index (χ2n) is 5.88. The van der Waals surface area contributed by atoms with Crippen molar-refractivity contribution in [3.05, 3.63) is 40.9 Å². The Bertz CT molecular complexity index is 785. The van der Waals surface area contributed by atoms with Gasteiger partial charge in [-0.25, -0.2) is 9.67 Å². The highest BCUT2D eigenvalue weighted by Gasteiger charge is 2.32. The van der Waals surface area contributed by atoms with E-state index in [9.17, 15) is 9.59 Å². The lowest BCUT2D eigenvalue weighted by molar-refractivity contribution is -0.140. The van der Waals surface area contributed by atoms with E-state index >= 15 is 0 Å². The summed E-state index contributed by atoms with van der Waals surface area (Å²) in [5, 5.41) is 16.2. The number of rotatable bonds is 6. The summed E-state index contributed by atoms with van der Waals surface area (Å²) < 4.78 is 1.61. The predicted molar refractivity (Wildman–Crippen MR) is 87.5 cm³/mol. The molecule has 126 valence electrons. The largest absolute Gasteiger partial charge is 0.481 e. The van der Waals surface area contributed by atoms with Crippen LogP contribution in [0.1, 0.15) is 42.1 Å². The van der Waals surface area contributed by atoms with E-state index in [1.807, 2.05) is 18.2 Å². The van der Waals surface area contributed by atoms with Crippen LogP contribution in [0.4, 0.5) is 0 Å².